The van der Waals surface area contributed by atoms with E-state index in [2.05, 4.69) is 9.47 Å². The molecule has 0 bridgehead atoms. The van der Waals surface area contributed by atoms with Crippen LogP contribution in [0.2, 0.25) is 0 Å². The lowest BCUT2D eigenvalue weighted by atomic mass is 10.6. The lowest BCUT2D eigenvalue weighted by Crippen LogP contribution is -2.16. The van der Waals surface area contributed by atoms with Gasteiger partial charge in [0.05, 0.1) is 159 Å². The third-order valence-corrected chi connectivity index (χ3v) is 5.25. The van der Waals surface area contributed by atoms with Crippen molar-refractivity contribution in [3.63, 3.8) is 0 Å². The van der Waals surface area contributed by atoms with Gasteiger partial charge in [-0.25, -0.2) is 9.59 Å². The van der Waals surface area contributed by atoms with E-state index in [0.717, 1.165) is 0 Å². The van der Waals surface area contributed by atoms with Gasteiger partial charge >= 0.3 is 11.9 Å². The van der Waals surface area contributed by atoms with Crippen molar-refractivity contribution in [3.8, 4) is 24.7 Å². The zero-order valence-electron chi connectivity index (χ0n) is 28.1. The maximum absolute atomic E-state index is 10.7. The van der Waals surface area contributed by atoms with Crippen LogP contribution in [0.15, 0.2) is 0 Å². The molecular weight excluding hydrogens is 640 g/mol. The average Bonchev–Trinajstić information content (AvgIpc) is 3.10. The quantitative estimate of drug-likeness (QED) is 0.0351. The second-order valence-electron chi connectivity index (χ2n) is 8.91. The molecule has 0 aromatic carbocycles. The van der Waals surface area contributed by atoms with Crippen LogP contribution in [0.4, 0.5) is 0 Å². The molecule has 0 spiro atoms. The fourth-order valence-electron chi connectivity index (χ4n) is 2.99. The Balaban J connectivity index is 3.07. The summed E-state index contributed by atoms with van der Waals surface area (Å²) in [5.41, 5.74) is 0. The molecule has 0 rings (SSSR count). The van der Waals surface area contributed by atoms with Crippen LogP contribution in [0.1, 0.15) is 0 Å². The number of esters is 2. The van der Waals surface area contributed by atoms with E-state index >= 15 is 0 Å². The standard InChI is InChI=1S/C32H54O16/c1-3-31(33)47-29-27-45-25-23-43-21-19-41-17-15-39-13-11-37-9-7-35-5-6-36-8-10-38-12-14-40-16-18-42-20-22-44-24-26-46-28-30-48-32(34)4-2/h1-2H,5-30H2. The molecule has 0 unspecified atom stereocenters. The molecule has 0 aliphatic heterocycles. The van der Waals surface area contributed by atoms with Gasteiger partial charge in [-0.2, -0.15) is 0 Å². The first-order valence-corrected chi connectivity index (χ1v) is 15.9. The minimum absolute atomic E-state index is 0.121. The Morgan fingerprint density at radius 3 is 0.521 bits per heavy atom. The van der Waals surface area contributed by atoms with Gasteiger partial charge in [0.1, 0.15) is 13.2 Å². The molecule has 0 amide bonds. The highest BCUT2D eigenvalue weighted by Gasteiger charge is 1.99. The number of rotatable bonds is 39. The van der Waals surface area contributed by atoms with Crippen LogP contribution in [0.5, 0.6) is 0 Å². The normalized spacial score (nSPS) is 10.9. The van der Waals surface area contributed by atoms with Crippen molar-refractivity contribution >= 4 is 11.9 Å². The molecule has 0 saturated heterocycles. The SMILES string of the molecule is C#CC(=O)OCCOCCOCCOCCOCCOCCOCCOCCOCCOCCOCCOCCOCCOC(=O)C#C. The molecule has 0 radical (unpaired) electrons. The van der Waals surface area contributed by atoms with Crippen molar-refractivity contribution in [1.29, 1.82) is 0 Å². The Hall–Kier alpha value is -2.42. The van der Waals surface area contributed by atoms with Crippen LogP contribution in [-0.2, 0) is 75.9 Å². The minimum Gasteiger partial charge on any atom is -0.454 e. The van der Waals surface area contributed by atoms with Crippen LogP contribution in [-0.4, -0.2) is 184 Å². The Morgan fingerprint density at radius 2 is 0.396 bits per heavy atom. The molecule has 0 fully saturated rings. The van der Waals surface area contributed by atoms with E-state index in [9.17, 15) is 9.59 Å². The first kappa shape index (κ1) is 45.6. The third kappa shape index (κ3) is 39.8. The molecule has 16 nitrogen and oxygen atoms in total. The van der Waals surface area contributed by atoms with Gasteiger partial charge in [0.2, 0.25) is 0 Å². The van der Waals surface area contributed by atoms with Gasteiger partial charge in [0.15, 0.2) is 0 Å². The maximum atomic E-state index is 10.7. The summed E-state index contributed by atoms with van der Waals surface area (Å²) < 4.78 is 74.0. The van der Waals surface area contributed by atoms with Crippen LogP contribution < -0.4 is 0 Å². The van der Waals surface area contributed by atoms with Crippen molar-refractivity contribution in [2.24, 2.45) is 0 Å². The van der Waals surface area contributed by atoms with E-state index in [-0.39, 0.29) is 26.4 Å². The molecule has 0 aromatic rings. The summed E-state index contributed by atoms with van der Waals surface area (Å²) in [5.74, 6) is 2.30. The number of carbonyl (C=O) groups excluding carboxylic acids is 2. The smallest absolute Gasteiger partial charge is 0.384 e. The number of hydrogen-bond donors (Lipinski definition) is 0. The van der Waals surface area contributed by atoms with Crippen molar-refractivity contribution in [1.82, 2.24) is 0 Å². The first-order valence-electron chi connectivity index (χ1n) is 15.9. The molecule has 278 valence electrons. The van der Waals surface area contributed by atoms with Gasteiger partial charge in [-0.05, 0) is 0 Å². The summed E-state index contributed by atoms with van der Waals surface area (Å²) in [7, 11) is 0. The maximum Gasteiger partial charge on any atom is 0.384 e. The first-order chi connectivity index (χ1) is 23.7. The van der Waals surface area contributed by atoms with Gasteiger partial charge in [-0.15, -0.1) is 12.8 Å². The summed E-state index contributed by atoms with van der Waals surface area (Å²) in [5, 5.41) is 0. The molecule has 0 aromatic heterocycles. The van der Waals surface area contributed by atoms with Gasteiger partial charge < -0.3 is 66.3 Å². The zero-order chi connectivity index (χ0) is 34.9. The number of ether oxygens (including phenoxy) is 14. The number of hydrogen-bond acceptors (Lipinski definition) is 16. The zero-order valence-corrected chi connectivity index (χ0v) is 28.1. The Labute approximate surface area is 284 Å². The predicted octanol–water partition coefficient (Wildman–Crippen LogP) is -0.462. The van der Waals surface area contributed by atoms with Gasteiger partial charge in [0, 0.05) is 11.8 Å². The van der Waals surface area contributed by atoms with Crippen molar-refractivity contribution < 1.29 is 75.9 Å². The van der Waals surface area contributed by atoms with Crippen molar-refractivity contribution in [3.05, 3.63) is 0 Å². The summed E-state index contributed by atoms with van der Waals surface area (Å²) in [4.78, 5) is 21.4. The summed E-state index contributed by atoms with van der Waals surface area (Å²) in [6.45, 7) is 10.8. The molecular formula is C32H54O16. The molecule has 0 atom stereocenters. The molecule has 16 heteroatoms. The van der Waals surface area contributed by atoms with E-state index in [1.54, 1.807) is 0 Å². The number of terminal acetylenes is 2. The fourth-order valence-corrected chi connectivity index (χ4v) is 2.99. The molecule has 0 aliphatic rings. The van der Waals surface area contributed by atoms with Crippen LogP contribution in [0.3, 0.4) is 0 Å². The highest BCUT2D eigenvalue weighted by Crippen LogP contribution is 1.88. The van der Waals surface area contributed by atoms with Crippen molar-refractivity contribution in [2.75, 3.05) is 172 Å². The second-order valence-corrected chi connectivity index (χ2v) is 8.91. The summed E-state index contributed by atoms with van der Waals surface area (Å²) in [6.07, 6.45) is 9.74. The van der Waals surface area contributed by atoms with E-state index in [1.807, 2.05) is 11.8 Å². The lowest BCUT2D eigenvalue weighted by molar-refractivity contribution is -0.139. The summed E-state index contributed by atoms with van der Waals surface area (Å²) >= 11 is 0. The Bertz CT molecular complexity index is 721. The lowest BCUT2D eigenvalue weighted by Gasteiger charge is -2.09. The molecule has 48 heavy (non-hydrogen) atoms. The van der Waals surface area contributed by atoms with Gasteiger partial charge in [-0.1, -0.05) is 0 Å². The monoisotopic (exact) mass is 694 g/mol. The van der Waals surface area contributed by atoms with Crippen LogP contribution in [0, 0.1) is 24.7 Å². The predicted molar refractivity (Wildman–Crippen MR) is 169 cm³/mol. The summed E-state index contributed by atoms with van der Waals surface area (Å²) in [6, 6.07) is 0. The second kappa shape index (κ2) is 40.8. The molecule has 0 heterocycles. The van der Waals surface area contributed by atoms with E-state index in [4.69, 9.17) is 69.7 Å². The van der Waals surface area contributed by atoms with Gasteiger partial charge in [-0.3, -0.25) is 0 Å². The average molecular weight is 695 g/mol. The highest BCUT2D eigenvalue weighted by molar-refractivity contribution is 5.87. The fraction of sp³-hybridized carbons (Fsp3) is 0.812. The third-order valence-electron chi connectivity index (χ3n) is 5.25. The molecule has 0 aliphatic carbocycles. The molecule has 0 N–H and O–H groups in total. The van der Waals surface area contributed by atoms with Crippen LogP contribution >= 0.6 is 0 Å². The Kier molecular flexibility index (Phi) is 38.7. The van der Waals surface area contributed by atoms with Crippen LogP contribution in [0.25, 0.3) is 0 Å². The van der Waals surface area contributed by atoms with E-state index in [1.165, 1.54) is 0 Å². The Morgan fingerprint density at radius 1 is 0.271 bits per heavy atom. The van der Waals surface area contributed by atoms with E-state index < -0.39 is 11.9 Å². The van der Waals surface area contributed by atoms with Gasteiger partial charge in [0.25, 0.3) is 0 Å². The number of carbonyl (C=O) groups is 2. The van der Waals surface area contributed by atoms with Crippen molar-refractivity contribution in [2.45, 2.75) is 0 Å². The molecule has 0 saturated carbocycles. The largest absolute Gasteiger partial charge is 0.454 e. The van der Waals surface area contributed by atoms with E-state index in [0.29, 0.717) is 145 Å². The highest BCUT2D eigenvalue weighted by atomic mass is 16.6. The minimum atomic E-state index is -0.701. The topological polar surface area (TPSA) is 163 Å².